The van der Waals surface area contributed by atoms with Crippen LogP contribution >= 0.6 is 0 Å². The summed E-state index contributed by atoms with van der Waals surface area (Å²) in [6, 6.07) is 28.9. The number of aromatic amines is 1. The van der Waals surface area contributed by atoms with Crippen molar-refractivity contribution < 1.29 is 9.59 Å². The lowest BCUT2D eigenvalue weighted by Gasteiger charge is -2.48. The number of piperidine rings is 1. The maximum Gasteiger partial charge on any atom is 0.246 e. The minimum Gasteiger partial charge on any atom is -0.356 e. The molecule has 6 nitrogen and oxygen atoms in total. The van der Waals surface area contributed by atoms with Gasteiger partial charge >= 0.3 is 0 Å². The molecule has 0 aliphatic carbocycles. The van der Waals surface area contributed by atoms with Gasteiger partial charge in [0, 0.05) is 36.1 Å². The first-order chi connectivity index (χ1) is 20.1. The van der Waals surface area contributed by atoms with E-state index in [1.807, 2.05) is 21.9 Å². The number of rotatable bonds is 7. The van der Waals surface area contributed by atoms with Crippen LogP contribution in [0, 0.1) is 5.92 Å². The predicted molar refractivity (Wildman–Crippen MR) is 161 cm³/mol. The minimum atomic E-state index is -0.429. The van der Waals surface area contributed by atoms with Crippen molar-refractivity contribution in [1.82, 2.24) is 19.7 Å². The molecule has 6 heteroatoms. The average molecular weight is 547 g/mol. The molecule has 2 fully saturated rings. The molecule has 2 saturated heterocycles. The maximum absolute atomic E-state index is 14.1. The summed E-state index contributed by atoms with van der Waals surface area (Å²) in [6.45, 7) is 3.92. The lowest BCUT2D eigenvalue weighted by atomic mass is 9.86. The Morgan fingerprint density at radius 2 is 1.49 bits per heavy atom. The number of H-pyrrole nitrogens is 1. The number of amides is 2. The number of carbonyl (C=O) groups excluding carboxylic acids is 2. The summed E-state index contributed by atoms with van der Waals surface area (Å²) >= 11 is 0. The standard InChI is InChI=1S/C35H38N4O2/c40-33-24-38(23-27-17-19-37(20-18-27)22-26-11-5-2-6-12-26)35(41)32-21-29-28-13-7-8-14-30(28)36-34(29)31(39(32)33)16-15-25-9-3-1-4-10-25/h1-14,27,31-32,36H,15-24H2/t31?,32-/m0/s1. The number of aryl methyl sites for hydroxylation is 1. The molecule has 210 valence electrons. The third-order valence-electron chi connectivity index (χ3n) is 9.44. The molecule has 0 radical (unpaired) electrons. The van der Waals surface area contributed by atoms with E-state index in [2.05, 4.69) is 82.7 Å². The van der Waals surface area contributed by atoms with Gasteiger partial charge in [0.05, 0.1) is 12.6 Å². The topological polar surface area (TPSA) is 59.7 Å². The molecule has 7 rings (SSSR count). The number of para-hydroxylation sites is 1. The van der Waals surface area contributed by atoms with Gasteiger partial charge in [-0.2, -0.15) is 0 Å². The summed E-state index contributed by atoms with van der Waals surface area (Å²) in [7, 11) is 0. The van der Waals surface area contributed by atoms with Crippen LogP contribution in [0.5, 0.6) is 0 Å². The Kier molecular flexibility index (Phi) is 7.09. The summed E-state index contributed by atoms with van der Waals surface area (Å²) in [5.41, 5.74) is 6.00. The predicted octanol–water partition coefficient (Wildman–Crippen LogP) is 5.35. The zero-order chi connectivity index (χ0) is 27.8. The first-order valence-corrected chi connectivity index (χ1v) is 15.1. The summed E-state index contributed by atoms with van der Waals surface area (Å²) in [4.78, 5) is 37.9. The molecule has 1 aromatic heterocycles. The Labute approximate surface area is 241 Å². The van der Waals surface area contributed by atoms with Crippen molar-refractivity contribution in [2.24, 2.45) is 5.92 Å². The molecule has 1 unspecified atom stereocenters. The van der Waals surface area contributed by atoms with Crippen LogP contribution in [0.4, 0.5) is 0 Å². The van der Waals surface area contributed by atoms with E-state index in [1.54, 1.807) is 0 Å². The number of aromatic nitrogens is 1. The largest absolute Gasteiger partial charge is 0.356 e. The zero-order valence-corrected chi connectivity index (χ0v) is 23.5. The molecule has 0 spiro atoms. The van der Waals surface area contributed by atoms with Gasteiger partial charge in [0.1, 0.15) is 6.04 Å². The number of likely N-dealkylation sites (tertiary alicyclic amines) is 1. The third kappa shape index (κ3) is 5.17. The SMILES string of the molecule is O=C1[C@@H]2Cc3c([nH]c4ccccc34)C(CCc3ccccc3)N2C(=O)CN1CC1CCN(Cc2ccccc2)CC1. The number of nitrogens with zero attached hydrogens (tertiary/aromatic N) is 3. The van der Waals surface area contributed by atoms with Crippen molar-refractivity contribution in [1.29, 1.82) is 0 Å². The van der Waals surface area contributed by atoms with E-state index in [4.69, 9.17) is 0 Å². The van der Waals surface area contributed by atoms with Gasteiger partial charge in [-0.15, -0.1) is 0 Å². The molecule has 0 saturated carbocycles. The Morgan fingerprint density at radius 1 is 0.805 bits per heavy atom. The lowest BCUT2D eigenvalue weighted by Crippen LogP contribution is -2.63. The maximum atomic E-state index is 14.1. The monoisotopic (exact) mass is 546 g/mol. The summed E-state index contributed by atoms with van der Waals surface area (Å²) in [5.74, 6) is 0.641. The Balaban J connectivity index is 1.08. The van der Waals surface area contributed by atoms with Crippen molar-refractivity contribution in [3.63, 3.8) is 0 Å². The molecule has 3 aliphatic heterocycles. The van der Waals surface area contributed by atoms with Crippen molar-refractivity contribution >= 4 is 22.7 Å². The molecule has 4 heterocycles. The van der Waals surface area contributed by atoms with Crippen LogP contribution in [0.1, 0.15) is 47.7 Å². The Bertz CT molecular complexity index is 1520. The van der Waals surface area contributed by atoms with Crippen LogP contribution in [0.25, 0.3) is 10.9 Å². The van der Waals surface area contributed by atoms with Crippen molar-refractivity contribution in [2.75, 3.05) is 26.2 Å². The van der Waals surface area contributed by atoms with Gasteiger partial charge in [-0.25, -0.2) is 0 Å². The first kappa shape index (κ1) is 26.0. The van der Waals surface area contributed by atoms with Gasteiger partial charge in [-0.05, 0) is 67.4 Å². The number of hydrogen-bond acceptors (Lipinski definition) is 3. The van der Waals surface area contributed by atoms with Gasteiger partial charge in [-0.3, -0.25) is 14.5 Å². The third-order valence-corrected chi connectivity index (χ3v) is 9.44. The number of nitrogens with one attached hydrogen (secondary N) is 1. The van der Waals surface area contributed by atoms with Gasteiger partial charge < -0.3 is 14.8 Å². The fourth-order valence-corrected chi connectivity index (χ4v) is 7.33. The first-order valence-electron chi connectivity index (χ1n) is 15.1. The minimum absolute atomic E-state index is 0.0819. The molecule has 0 bridgehead atoms. The molecule has 3 aliphatic rings. The van der Waals surface area contributed by atoms with Crippen LogP contribution in [0.15, 0.2) is 84.9 Å². The summed E-state index contributed by atoms with van der Waals surface area (Å²) in [6.07, 6.45) is 4.35. The van der Waals surface area contributed by atoms with E-state index in [0.717, 1.165) is 56.5 Å². The number of carbonyl (C=O) groups is 2. The molecule has 4 aromatic rings. The summed E-state index contributed by atoms with van der Waals surface area (Å²) in [5, 5.41) is 1.18. The Hall–Kier alpha value is -3.90. The van der Waals surface area contributed by atoms with E-state index >= 15 is 0 Å². The number of hydrogen-bond donors (Lipinski definition) is 1. The fraction of sp³-hybridized carbons (Fsp3) is 0.371. The van der Waals surface area contributed by atoms with E-state index in [1.165, 1.54) is 22.1 Å². The number of piperazine rings is 1. The van der Waals surface area contributed by atoms with Crippen molar-refractivity contribution in [3.05, 3.63) is 107 Å². The number of fused-ring (bicyclic) bond motifs is 4. The van der Waals surface area contributed by atoms with Gasteiger partial charge in [0.2, 0.25) is 11.8 Å². The van der Waals surface area contributed by atoms with Crippen molar-refractivity contribution in [2.45, 2.75) is 50.7 Å². The second-order valence-electron chi connectivity index (χ2n) is 12.0. The Morgan fingerprint density at radius 3 is 2.24 bits per heavy atom. The summed E-state index contributed by atoms with van der Waals surface area (Å²) < 4.78 is 0. The normalized spacial score (nSPS) is 21.8. The van der Waals surface area contributed by atoms with E-state index in [9.17, 15) is 9.59 Å². The highest BCUT2D eigenvalue weighted by Crippen LogP contribution is 2.41. The van der Waals surface area contributed by atoms with Crippen LogP contribution < -0.4 is 0 Å². The lowest BCUT2D eigenvalue weighted by molar-refractivity contribution is -0.160. The second kappa shape index (κ2) is 11.2. The molecule has 3 aromatic carbocycles. The molecule has 41 heavy (non-hydrogen) atoms. The van der Waals surface area contributed by atoms with Crippen LogP contribution in [0.2, 0.25) is 0 Å². The highest BCUT2D eigenvalue weighted by Gasteiger charge is 2.47. The molecular formula is C35H38N4O2. The van der Waals surface area contributed by atoms with E-state index in [0.29, 0.717) is 18.9 Å². The highest BCUT2D eigenvalue weighted by molar-refractivity contribution is 5.97. The van der Waals surface area contributed by atoms with E-state index < -0.39 is 6.04 Å². The number of benzene rings is 3. The fourth-order valence-electron chi connectivity index (χ4n) is 7.33. The van der Waals surface area contributed by atoms with Gasteiger partial charge in [0.25, 0.3) is 0 Å². The molecular weight excluding hydrogens is 508 g/mol. The quantitative estimate of drug-likeness (QED) is 0.340. The van der Waals surface area contributed by atoms with Gasteiger partial charge in [-0.1, -0.05) is 78.9 Å². The van der Waals surface area contributed by atoms with Crippen LogP contribution in [0.3, 0.4) is 0 Å². The van der Waals surface area contributed by atoms with Crippen LogP contribution in [-0.4, -0.2) is 63.7 Å². The smallest absolute Gasteiger partial charge is 0.246 e. The molecule has 2 atom stereocenters. The molecule has 2 amide bonds. The van der Waals surface area contributed by atoms with Gasteiger partial charge in [0.15, 0.2) is 0 Å². The zero-order valence-electron chi connectivity index (χ0n) is 23.5. The second-order valence-corrected chi connectivity index (χ2v) is 12.0. The van der Waals surface area contributed by atoms with E-state index in [-0.39, 0.29) is 24.4 Å². The van der Waals surface area contributed by atoms with Crippen molar-refractivity contribution in [3.8, 4) is 0 Å². The average Bonchev–Trinajstić information content (AvgIpc) is 3.38. The highest BCUT2D eigenvalue weighted by atomic mass is 16.2. The van der Waals surface area contributed by atoms with Crippen LogP contribution in [-0.2, 0) is 29.0 Å². The molecule has 1 N–H and O–H groups in total.